The molecule has 1 aromatic carbocycles. The van der Waals surface area contributed by atoms with E-state index >= 15 is 0 Å². The van der Waals surface area contributed by atoms with Gasteiger partial charge in [-0.3, -0.25) is 0 Å². The first kappa shape index (κ1) is 13.0. The smallest absolute Gasteiger partial charge is 0.210 e. The van der Waals surface area contributed by atoms with E-state index in [1.54, 1.807) is 0 Å². The normalized spacial score (nSPS) is 11.7. The quantitative estimate of drug-likeness (QED) is 0.873. The zero-order valence-electron chi connectivity index (χ0n) is 9.30. The minimum absolute atomic E-state index is 0.166. The van der Waals surface area contributed by atoms with Crippen molar-refractivity contribution in [1.82, 2.24) is 10.2 Å². The second kappa shape index (κ2) is 5.05. The molecule has 0 saturated carbocycles. The molecule has 2 rings (SSSR count). The minimum atomic E-state index is -3.49. The monoisotopic (exact) mass is 286 g/mol. The molecular formula is C10H11ClN4O2S. The highest BCUT2D eigenvalue weighted by atomic mass is 35.5. The first-order valence-corrected chi connectivity index (χ1v) is 7.22. The van der Waals surface area contributed by atoms with Gasteiger partial charge in [-0.05, 0) is 0 Å². The fourth-order valence-electron chi connectivity index (χ4n) is 1.51. The molecule has 1 aromatic heterocycles. The Hall–Kier alpha value is -1.44. The Kier molecular flexibility index (Phi) is 3.65. The Labute approximate surface area is 109 Å². The third kappa shape index (κ3) is 3.06. The molecular weight excluding hydrogens is 276 g/mol. The van der Waals surface area contributed by atoms with Crippen LogP contribution in [0.3, 0.4) is 0 Å². The number of hydrogen-bond donors (Lipinski definition) is 2. The number of nitrogens with two attached hydrogens (primary N) is 1. The van der Waals surface area contributed by atoms with Gasteiger partial charge in [-0.15, -0.1) is 10.2 Å². The molecule has 1 heterocycles. The molecule has 0 atom stereocenters. The minimum Gasteiger partial charge on any atom is -0.367 e. The fourth-order valence-corrected chi connectivity index (χ4v) is 2.10. The second-order valence-electron chi connectivity index (χ2n) is 3.68. The SMILES string of the molecule is NS(=O)(=O)CCNc1nnc(Cl)c2ccccc12. The van der Waals surface area contributed by atoms with Gasteiger partial charge in [0.05, 0.1) is 5.75 Å². The van der Waals surface area contributed by atoms with Crippen LogP contribution in [-0.4, -0.2) is 30.9 Å². The summed E-state index contributed by atoms with van der Waals surface area (Å²) in [7, 11) is -3.49. The molecule has 0 aliphatic rings. The van der Waals surface area contributed by atoms with Crippen LogP contribution in [0, 0.1) is 0 Å². The van der Waals surface area contributed by atoms with E-state index in [0.29, 0.717) is 11.0 Å². The average molecular weight is 287 g/mol. The third-order valence-corrected chi connectivity index (χ3v) is 3.37. The molecule has 3 N–H and O–H groups in total. The van der Waals surface area contributed by atoms with Crippen molar-refractivity contribution < 1.29 is 8.42 Å². The molecule has 0 aliphatic heterocycles. The van der Waals surface area contributed by atoms with Gasteiger partial charge in [0.15, 0.2) is 11.0 Å². The number of nitrogens with one attached hydrogen (secondary N) is 1. The largest absolute Gasteiger partial charge is 0.367 e. The Morgan fingerprint density at radius 2 is 1.89 bits per heavy atom. The van der Waals surface area contributed by atoms with Crippen LogP contribution in [0.25, 0.3) is 10.8 Å². The number of halogens is 1. The van der Waals surface area contributed by atoms with Crippen LogP contribution in [0.2, 0.25) is 5.15 Å². The van der Waals surface area contributed by atoms with Crippen LogP contribution in [0.1, 0.15) is 0 Å². The van der Waals surface area contributed by atoms with Crippen LogP contribution >= 0.6 is 11.6 Å². The van der Waals surface area contributed by atoms with Crippen molar-refractivity contribution >= 4 is 38.2 Å². The van der Waals surface area contributed by atoms with E-state index in [0.717, 1.165) is 10.8 Å². The molecule has 6 nitrogen and oxygen atoms in total. The van der Waals surface area contributed by atoms with E-state index in [1.165, 1.54) is 0 Å². The van der Waals surface area contributed by atoms with Gasteiger partial charge in [0.1, 0.15) is 0 Å². The standard InChI is InChI=1S/C10H11ClN4O2S/c11-9-7-3-1-2-4-8(7)10(15-14-9)13-5-6-18(12,16)17/h1-4H,5-6H2,(H,13,15)(H2,12,16,17). The van der Waals surface area contributed by atoms with Crippen molar-refractivity contribution in [2.75, 3.05) is 17.6 Å². The summed E-state index contributed by atoms with van der Waals surface area (Å²) in [5.41, 5.74) is 0. The van der Waals surface area contributed by atoms with Crippen molar-refractivity contribution in [1.29, 1.82) is 0 Å². The van der Waals surface area contributed by atoms with Gasteiger partial charge >= 0.3 is 0 Å². The summed E-state index contributed by atoms with van der Waals surface area (Å²) >= 11 is 5.92. The van der Waals surface area contributed by atoms with Crippen LogP contribution in [-0.2, 0) is 10.0 Å². The number of anilines is 1. The molecule has 96 valence electrons. The number of rotatable bonds is 4. The number of nitrogens with zero attached hydrogens (tertiary/aromatic N) is 2. The maximum absolute atomic E-state index is 10.8. The van der Waals surface area contributed by atoms with Gasteiger partial charge in [-0.2, -0.15) is 0 Å². The molecule has 0 aliphatic carbocycles. The molecule has 0 radical (unpaired) electrons. The van der Waals surface area contributed by atoms with Gasteiger partial charge < -0.3 is 5.32 Å². The van der Waals surface area contributed by atoms with Crippen molar-refractivity contribution in [3.05, 3.63) is 29.4 Å². The van der Waals surface area contributed by atoms with E-state index in [2.05, 4.69) is 15.5 Å². The highest BCUT2D eigenvalue weighted by Crippen LogP contribution is 2.25. The lowest BCUT2D eigenvalue weighted by Gasteiger charge is -2.07. The first-order chi connectivity index (χ1) is 8.47. The molecule has 18 heavy (non-hydrogen) atoms. The third-order valence-electron chi connectivity index (χ3n) is 2.32. The zero-order valence-corrected chi connectivity index (χ0v) is 10.9. The van der Waals surface area contributed by atoms with Crippen molar-refractivity contribution in [3.8, 4) is 0 Å². The zero-order chi connectivity index (χ0) is 13.2. The van der Waals surface area contributed by atoms with Crippen LogP contribution in [0.4, 0.5) is 5.82 Å². The van der Waals surface area contributed by atoms with E-state index in [1.807, 2.05) is 24.3 Å². The number of hydrogen-bond acceptors (Lipinski definition) is 5. The summed E-state index contributed by atoms with van der Waals surface area (Å²) in [5, 5.41) is 17.3. The topological polar surface area (TPSA) is 98.0 Å². The van der Waals surface area contributed by atoms with Crippen LogP contribution in [0.15, 0.2) is 24.3 Å². The number of fused-ring (bicyclic) bond motifs is 1. The Balaban J connectivity index is 2.26. The lowest BCUT2D eigenvalue weighted by Crippen LogP contribution is -2.22. The predicted octanol–water partition coefficient (Wildman–Crippen LogP) is 0.984. The lowest BCUT2D eigenvalue weighted by molar-refractivity contribution is 0.598. The van der Waals surface area contributed by atoms with Gasteiger partial charge in [0, 0.05) is 17.3 Å². The summed E-state index contributed by atoms with van der Waals surface area (Å²) in [5.74, 6) is 0.310. The molecule has 0 spiro atoms. The molecule has 2 aromatic rings. The summed E-state index contributed by atoms with van der Waals surface area (Å²) in [6.07, 6.45) is 0. The van der Waals surface area contributed by atoms with Gasteiger partial charge in [-0.1, -0.05) is 35.9 Å². The molecule has 8 heteroatoms. The molecule has 0 amide bonds. The van der Waals surface area contributed by atoms with E-state index < -0.39 is 10.0 Å². The number of aromatic nitrogens is 2. The molecule has 0 unspecified atom stereocenters. The number of primary sulfonamides is 1. The predicted molar refractivity (Wildman–Crippen MR) is 71.0 cm³/mol. The summed E-state index contributed by atoms with van der Waals surface area (Å²) in [4.78, 5) is 0. The molecule has 0 bridgehead atoms. The Morgan fingerprint density at radius 1 is 1.22 bits per heavy atom. The van der Waals surface area contributed by atoms with Gasteiger partial charge in [-0.25, -0.2) is 13.6 Å². The highest BCUT2D eigenvalue weighted by molar-refractivity contribution is 7.89. The maximum Gasteiger partial charge on any atom is 0.210 e. The molecule has 0 saturated heterocycles. The van der Waals surface area contributed by atoms with Crippen molar-refractivity contribution in [3.63, 3.8) is 0 Å². The van der Waals surface area contributed by atoms with Crippen LogP contribution < -0.4 is 10.5 Å². The fraction of sp³-hybridized carbons (Fsp3) is 0.200. The maximum atomic E-state index is 10.8. The Morgan fingerprint density at radius 3 is 2.56 bits per heavy atom. The van der Waals surface area contributed by atoms with Crippen LogP contribution in [0.5, 0.6) is 0 Å². The highest BCUT2D eigenvalue weighted by Gasteiger charge is 2.08. The van der Waals surface area contributed by atoms with E-state index in [4.69, 9.17) is 16.7 Å². The van der Waals surface area contributed by atoms with Gasteiger partial charge in [0.25, 0.3) is 0 Å². The summed E-state index contributed by atoms with van der Waals surface area (Å²) in [6, 6.07) is 7.32. The van der Waals surface area contributed by atoms with Gasteiger partial charge in [0.2, 0.25) is 10.0 Å². The number of benzene rings is 1. The second-order valence-corrected chi connectivity index (χ2v) is 5.77. The first-order valence-electron chi connectivity index (χ1n) is 5.12. The summed E-state index contributed by atoms with van der Waals surface area (Å²) in [6.45, 7) is 0.166. The van der Waals surface area contributed by atoms with Crippen molar-refractivity contribution in [2.45, 2.75) is 0 Å². The van der Waals surface area contributed by atoms with Crippen molar-refractivity contribution in [2.24, 2.45) is 5.14 Å². The Bertz CT molecular complexity index is 675. The summed E-state index contributed by atoms with van der Waals surface area (Å²) < 4.78 is 21.6. The lowest BCUT2D eigenvalue weighted by atomic mass is 10.2. The van der Waals surface area contributed by atoms with E-state index in [9.17, 15) is 8.42 Å². The molecule has 0 fully saturated rings. The average Bonchev–Trinajstić information content (AvgIpc) is 2.31. The number of sulfonamides is 1. The van der Waals surface area contributed by atoms with E-state index in [-0.39, 0.29) is 12.3 Å².